The van der Waals surface area contributed by atoms with Crippen LogP contribution >= 0.6 is 11.3 Å². The van der Waals surface area contributed by atoms with Gasteiger partial charge in [-0.15, -0.1) is 16.8 Å². The van der Waals surface area contributed by atoms with E-state index < -0.39 is 6.04 Å². The second-order valence-corrected chi connectivity index (χ2v) is 7.47. The third kappa shape index (κ3) is 4.16. The van der Waals surface area contributed by atoms with E-state index >= 15 is 0 Å². The van der Waals surface area contributed by atoms with E-state index in [0.717, 1.165) is 28.4 Å². The highest BCUT2D eigenvalue weighted by molar-refractivity contribution is 7.14. The maximum absolute atomic E-state index is 12.8. The van der Waals surface area contributed by atoms with Gasteiger partial charge in [0.1, 0.15) is 16.1 Å². The SMILES string of the molecule is C=CCC(=O)N1CCCCC1C(=O)Nc1cccc(-c2nnc(C)s2)c1. The quantitative estimate of drug-likeness (QED) is 0.819. The second kappa shape index (κ2) is 8.23. The first-order valence-corrected chi connectivity index (χ1v) is 9.52. The molecule has 0 bridgehead atoms. The van der Waals surface area contributed by atoms with Crippen molar-refractivity contribution in [2.75, 3.05) is 11.9 Å². The number of nitrogens with zero attached hydrogens (tertiary/aromatic N) is 3. The molecule has 6 nitrogen and oxygen atoms in total. The van der Waals surface area contributed by atoms with E-state index in [1.807, 2.05) is 31.2 Å². The zero-order valence-corrected chi connectivity index (χ0v) is 15.6. The number of hydrogen-bond donors (Lipinski definition) is 1. The monoisotopic (exact) mass is 370 g/mol. The molecule has 1 unspecified atom stereocenters. The average Bonchev–Trinajstić information content (AvgIpc) is 3.08. The van der Waals surface area contributed by atoms with E-state index in [4.69, 9.17) is 0 Å². The van der Waals surface area contributed by atoms with E-state index in [1.165, 1.54) is 11.3 Å². The van der Waals surface area contributed by atoms with Gasteiger partial charge in [0.15, 0.2) is 0 Å². The molecule has 0 aliphatic carbocycles. The standard InChI is InChI=1S/C19H22N4O2S/c1-3-7-17(24)23-11-5-4-10-16(23)18(25)20-15-9-6-8-14(12-15)19-22-21-13(2)26-19/h3,6,8-9,12,16H,1,4-5,7,10-11H2,2H3,(H,20,25). The number of nitrogens with one attached hydrogen (secondary N) is 1. The molecule has 1 aliphatic rings. The summed E-state index contributed by atoms with van der Waals surface area (Å²) in [6.07, 6.45) is 4.40. The molecular formula is C19H22N4O2S. The van der Waals surface area contributed by atoms with Crippen LogP contribution in [-0.2, 0) is 9.59 Å². The minimum absolute atomic E-state index is 0.0436. The number of carbonyl (C=O) groups excluding carboxylic acids is 2. The molecule has 1 atom stereocenters. The number of likely N-dealkylation sites (tertiary alicyclic amines) is 1. The van der Waals surface area contributed by atoms with Gasteiger partial charge in [-0.05, 0) is 38.3 Å². The first kappa shape index (κ1) is 18.3. The minimum Gasteiger partial charge on any atom is -0.330 e. The fraction of sp³-hybridized carbons (Fsp3) is 0.368. The fourth-order valence-corrected chi connectivity index (χ4v) is 3.80. The average molecular weight is 370 g/mol. The van der Waals surface area contributed by atoms with Gasteiger partial charge in [-0.25, -0.2) is 0 Å². The Hall–Kier alpha value is -2.54. The lowest BCUT2D eigenvalue weighted by Crippen LogP contribution is -2.49. The summed E-state index contributed by atoms with van der Waals surface area (Å²) in [7, 11) is 0. The smallest absolute Gasteiger partial charge is 0.247 e. The Bertz CT molecular complexity index is 817. The first-order valence-electron chi connectivity index (χ1n) is 8.70. The van der Waals surface area contributed by atoms with Crippen molar-refractivity contribution in [1.29, 1.82) is 0 Å². The lowest BCUT2D eigenvalue weighted by molar-refractivity contribution is -0.139. The molecule has 1 saturated heterocycles. The van der Waals surface area contributed by atoms with Crippen molar-refractivity contribution in [2.24, 2.45) is 0 Å². The summed E-state index contributed by atoms with van der Waals surface area (Å²) in [5.74, 6) is -0.189. The lowest BCUT2D eigenvalue weighted by Gasteiger charge is -2.34. The molecule has 1 aromatic heterocycles. The van der Waals surface area contributed by atoms with E-state index in [-0.39, 0.29) is 18.2 Å². The maximum atomic E-state index is 12.8. The van der Waals surface area contributed by atoms with Crippen molar-refractivity contribution in [3.8, 4) is 10.6 Å². The number of hydrogen-bond acceptors (Lipinski definition) is 5. The molecule has 1 aromatic carbocycles. The molecule has 136 valence electrons. The molecule has 7 heteroatoms. The summed E-state index contributed by atoms with van der Waals surface area (Å²) in [5.41, 5.74) is 1.61. The highest BCUT2D eigenvalue weighted by atomic mass is 32.1. The van der Waals surface area contributed by atoms with Gasteiger partial charge in [0.25, 0.3) is 0 Å². The number of aromatic nitrogens is 2. The number of piperidine rings is 1. The Morgan fingerprint density at radius 3 is 2.96 bits per heavy atom. The third-order valence-electron chi connectivity index (χ3n) is 4.35. The Morgan fingerprint density at radius 2 is 2.23 bits per heavy atom. The van der Waals surface area contributed by atoms with E-state index in [9.17, 15) is 9.59 Å². The van der Waals surface area contributed by atoms with Crippen molar-refractivity contribution in [3.63, 3.8) is 0 Å². The van der Waals surface area contributed by atoms with Crippen LogP contribution in [0.5, 0.6) is 0 Å². The number of benzene rings is 1. The van der Waals surface area contributed by atoms with Gasteiger partial charge in [-0.3, -0.25) is 9.59 Å². The molecule has 0 saturated carbocycles. The lowest BCUT2D eigenvalue weighted by atomic mass is 10.0. The molecule has 0 radical (unpaired) electrons. The van der Waals surface area contributed by atoms with Gasteiger partial charge in [0, 0.05) is 24.2 Å². The molecule has 2 heterocycles. The number of amides is 2. The summed E-state index contributed by atoms with van der Waals surface area (Å²) >= 11 is 1.51. The summed E-state index contributed by atoms with van der Waals surface area (Å²) in [6, 6.07) is 7.12. The predicted molar refractivity (Wildman–Crippen MR) is 103 cm³/mol. The summed E-state index contributed by atoms with van der Waals surface area (Å²) in [6.45, 7) is 6.14. The fourth-order valence-electron chi connectivity index (χ4n) is 3.11. The highest BCUT2D eigenvalue weighted by Gasteiger charge is 2.31. The normalized spacial score (nSPS) is 17.0. The van der Waals surface area contributed by atoms with Gasteiger partial charge in [-0.2, -0.15) is 0 Å². The third-order valence-corrected chi connectivity index (χ3v) is 5.24. The largest absolute Gasteiger partial charge is 0.330 e. The van der Waals surface area contributed by atoms with Crippen molar-refractivity contribution in [3.05, 3.63) is 41.9 Å². The zero-order chi connectivity index (χ0) is 18.5. The Kier molecular flexibility index (Phi) is 5.78. The van der Waals surface area contributed by atoms with Gasteiger partial charge in [0.2, 0.25) is 11.8 Å². The van der Waals surface area contributed by atoms with Crippen LogP contribution in [0.3, 0.4) is 0 Å². The molecule has 2 aromatic rings. The molecule has 2 amide bonds. The van der Waals surface area contributed by atoms with Gasteiger partial charge in [0.05, 0.1) is 0 Å². The highest BCUT2D eigenvalue weighted by Crippen LogP contribution is 2.26. The molecule has 1 fully saturated rings. The Morgan fingerprint density at radius 1 is 1.38 bits per heavy atom. The molecule has 1 N–H and O–H groups in total. The maximum Gasteiger partial charge on any atom is 0.247 e. The van der Waals surface area contributed by atoms with Gasteiger partial charge >= 0.3 is 0 Å². The number of carbonyl (C=O) groups is 2. The van der Waals surface area contributed by atoms with Crippen LogP contribution in [0.1, 0.15) is 30.7 Å². The number of aryl methyl sites for hydroxylation is 1. The Balaban J connectivity index is 1.74. The zero-order valence-electron chi connectivity index (χ0n) is 14.8. The molecule has 0 spiro atoms. The van der Waals surface area contributed by atoms with E-state index in [0.29, 0.717) is 18.7 Å². The van der Waals surface area contributed by atoms with Crippen LogP contribution in [0.15, 0.2) is 36.9 Å². The first-order chi connectivity index (χ1) is 12.6. The van der Waals surface area contributed by atoms with Crippen LogP contribution in [0, 0.1) is 6.92 Å². The van der Waals surface area contributed by atoms with Crippen LogP contribution in [0.2, 0.25) is 0 Å². The molecule has 1 aliphatic heterocycles. The summed E-state index contributed by atoms with van der Waals surface area (Å²) < 4.78 is 0. The van der Waals surface area contributed by atoms with Crippen molar-refractivity contribution < 1.29 is 9.59 Å². The van der Waals surface area contributed by atoms with Gasteiger partial charge in [-0.1, -0.05) is 29.5 Å². The Labute approximate surface area is 156 Å². The molecular weight excluding hydrogens is 348 g/mol. The summed E-state index contributed by atoms with van der Waals surface area (Å²) in [4.78, 5) is 26.7. The van der Waals surface area contributed by atoms with Crippen molar-refractivity contribution >= 4 is 28.8 Å². The minimum atomic E-state index is -0.427. The number of rotatable bonds is 5. The van der Waals surface area contributed by atoms with E-state index in [1.54, 1.807) is 11.0 Å². The summed E-state index contributed by atoms with van der Waals surface area (Å²) in [5, 5.41) is 12.8. The van der Waals surface area contributed by atoms with Crippen LogP contribution in [0.4, 0.5) is 5.69 Å². The van der Waals surface area contributed by atoms with Crippen molar-refractivity contribution in [1.82, 2.24) is 15.1 Å². The van der Waals surface area contributed by atoms with E-state index in [2.05, 4.69) is 22.1 Å². The van der Waals surface area contributed by atoms with Crippen molar-refractivity contribution in [2.45, 2.75) is 38.6 Å². The predicted octanol–water partition coefficient (Wildman–Crippen LogP) is 3.41. The van der Waals surface area contributed by atoms with Crippen LogP contribution in [-0.4, -0.2) is 39.5 Å². The van der Waals surface area contributed by atoms with Gasteiger partial charge < -0.3 is 10.2 Å². The van der Waals surface area contributed by atoms with Crippen LogP contribution in [0.25, 0.3) is 10.6 Å². The number of anilines is 1. The van der Waals surface area contributed by atoms with Crippen LogP contribution < -0.4 is 5.32 Å². The molecule has 3 rings (SSSR count). The second-order valence-electron chi connectivity index (χ2n) is 6.29. The topological polar surface area (TPSA) is 75.2 Å². The molecule has 26 heavy (non-hydrogen) atoms.